The van der Waals surface area contributed by atoms with Crippen LogP contribution in [0.5, 0.6) is 0 Å². The molecule has 4 unspecified atom stereocenters. The van der Waals surface area contributed by atoms with Crippen molar-refractivity contribution >= 4 is 34.8 Å². The van der Waals surface area contributed by atoms with Crippen molar-refractivity contribution in [2.75, 3.05) is 29.9 Å². The molecule has 0 bridgehead atoms. The molecule has 7 rings (SSSR count). The molecule has 15 heteroatoms. The van der Waals surface area contributed by atoms with Crippen LogP contribution in [0.1, 0.15) is 54.8 Å². The van der Waals surface area contributed by atoms with Gasteiger partial charge in [0.25, 0.3) is 0 Å². The molecule has 6 N–H and O–H groups in total. The lowest BCUT2D eigenvalue weighted by molar-refractivity contribution is -0.122. The van der Waals surface area contributed by atoms with Crippen molar-refractivity contribution in [2.45, 2.75) is 69.0 Å². The van der Waals surface area contributed by atoms with Gasteiger partial charge in [0, 0.05) is 57.0 Å². The molecule has 4 heterocycles. The lowest BCUT2D eigenvalue weighted by Gasteiger charge is -2.22. The Morgan fingerprint density at radius 3 is 2.46 bits per heavy atom. The van der Waals surface area contributed by atoms with Gasteiger partial charge in [0.15, 0.2) is 17.0 Å². The SMILES string of the molecule is CCC(=O)NC1CC(n2cnc3c(NCC(c4ccccc4)c4ccccc4)nc(N4CC[C@@H](NC(=NC#N)NCc5cccnc5)C4)nc32)C(O)C1O. The Labute approximate surface area is 313 Å². The summed E-state index contributed by atoms with van der Waals surface area (Å²) in [6.07, 6.45) is 5.96. The number of nitrogens with zero attached hydrogens (tertiary/aromatic N) is 8. The highest BCUT2D eigenvalue weighted by atomic mass is 16.3. The summed E-state index contributed by atoms with van der Waals surface area (Å²) in [6.45, 7) is 3.88. The van der Waals surface area contributed by atoms with Crippen LogP contribution >= 0.6 is 0 Å². The molecule has 1 saturated heterocycles. The van der Waals surface area contributed by atoms with Crippen LogP contribution in [0.25, 0.3) is 11.2 Å². The molecule has 3 aromatic heterocycles. The van der Waals surface area contributed by atoms with Gasteiger partial charge >= 0.3 is 0 Å². The second-order valence-corrected chi connectivity index (χ2v) is 13.6. The first-order valence-corrected chi connectivity index (χ1v) is 18.3. The molecule has 278 valence electrons. The molecule has 0 spiro atoms. The number of aliphatic hydroxyl groups excluding tert-OH is 2. The fourth-order valence-corrected chi connectivity index (χ4v) is 7.26. The number of nitrogens with one attached hydrogen (secondary N) is 4. The maximum atomic E-state index is 12.2. The van der Waals surface area contributed by atoms with Gasteiger partial charge in [-0.25, -0.2) is 4.98 Å². The molecule has 1 saturated carbocycles. The van der Waals surface area contributed by atoms with Gasteiger partial charge in [0.05, 0.1) is 18.4 Å². The summed E-state index contributed by atoms with van der Waals surface area (Å²) in [5.74, 6) is 1.19. The third-order valence-corrected chi connectivity index (χ3v) is 10.1. The Hall–Kier alpha value is -6.11. The third-order valence-electron chi connectivity index (χ3n) is 10.1. The number of carbonyl (C=O) groups is 1. The van der Waals surface area contributed by atoms with Crippen molar-refractivity contribution in [3.05, 3.63) is 108 Å². The summed E-state index contributed by atoms with van der Waals surface area (Å²) in [7, 11) is 0. The van der Waals surface area contributed by atoms with Gasteiger partial charge in [-0.15, -0.1) is 4.99 Å². The summed E-state index contributed by atoms with van der Waals surface area (Å²) in [4.78, 5) is 37.2. The van der Waals surface area contributed by atoms with Gasteiger partial charge in [-0.1, -0.05) is 73.7 Å². The van der Waals surface area contributed by atoms with Crippen LogP contribution in [-0.2, 0) is 11.3 Å². The number of aliphatic hydroxyl groups is 2. The zero-order valence-corrected chi connectivity index (χ0v) is 30.0. The zero-order valence-electron chi connectivity index (χ0n) is 30.0. The minimum Gasteiger partial charge on any atom is -0.388 e. The fourth-order valence-electron chi connectivity index (χ4n) is 7.26. The first-order chi connectivity index (χ1) is 26.4. The maximum absolute atomic E-state index is 12.2. The number of guanidine groups is 1. The number of hydrogen-bond acceptors (Lipinski definition) is 11. The number of benzene rings is 2. The zero-order chi connectivity index (χ0) is 37.4. The molecule has 54 heavy (non-hydrogen) atoms. The van der Waals surface area contributed by atoms with Gasteiger partial charge in [0.2, 0.25) is 24.0 Å². The number of nitriles is 1. The van der Waals surface area contributed by atoms with Crippen molar-refractivity contribution in [3.8, 4) is 6.19 Å². The summed E-state index contributed by atoms with van der Waals surface area (Å²) < 4.78 is 1.79. The van der Waals surface area contributed by atoms with E-state index in [1.807, 2.05) is 54.7 Å². The monoisotopic (exact) mass is 728 g/mol. The number of pyridine rings is 1. The van der Waals surface area contributed by atoms with E-state index in [4.69, 9.17) is 15.0 Å². The predicted molar refractivity (Wildman–Crippen MR) is 204 cm³/mol. The van der Waals surface area contributed by atoms with Crippen molar-refractivity contribution in [1.82, 2.24) is 40.5 Å². The van der Waals surface area contributed by atoms with Gasteiger partial charge in [0.1, 0.15) is 12.2 Å². The Bertz CT molecular complexity index is 2050. The number of imidazole rings is 1. The minimum absolute atomic E-state index is 0.00932. The van der Waals surface area contributed by atoms with Crippen molar-refractivity contribution in [2.24, 2.45) is 4.99 Å². The molecule has 5 atom stereocenters. The van der Waals surface area contributed by atoms with Gasteiger partial charge in [-0.2, -0.15) is 15.2 Å². The largest absolute Gasteiger partial charge is 0.388 e. The fraction of sp³-hybridized carbons (Fsp3) is 0.359. The van der Waals surface area contributed by atoms with E-state index in [9.17, 15) is 20.3 Å². The average Bonchev–Trinajstić information content (AvgIpc) is 3.93. The van der Waals surface area contributed by atoms with Crippen LogP contribution in [0.15, 0.2) is 96.5 Å². The van der Waals surface area contributed by atoms with Crippen LogP contribution in [0.3, 0.4) is 0 Å². The summed E-state index contributed by atoms with van der Waals surface area (Å²) in [6, 6.07) is 23.1. The van der Waals surface area contributed by atoms with E-state index in [0.717, 1.165) is 23.1 Å². The number of aromatic nitrogens is 5. The van der Waals surface area contributed by atoms with Crippen LogP contribution in [0.2, 0.25) is 0 Å². The molecule has 2 fully saturated rings. The van der Waals surface area contributed by atoms with Crippen molar-refractivity contribution < 1.29 is 15.0 Å². The smallest absolute Gasteiger partial charge is 0.229 e. The van der Waals surface area contributed by atoms with Crippen molar-refractivity contribution in [3.63, 3.8) is 0 Å². The first-order valence-electron chi connectivity index (χ1n) is 18.3. The van der Waals surface area contributed by atoms with Gasteiger partial charge < -0.3 is 40.9 Å². The number of aliphatic imine (C=N–C) groups is 1. The molecular formula is C39H44N12O3. The topological polar surface area (TPSA) is 202 Å². The number of amides is 1. The maximum Gasteiger partial charge on any atom is 0.229 e. The van der Waals surface area contributed by atoms with Crippen LogP contribution < -0.4 is 26.2 Å². The summed E-state index contributed by atoms with van der Waals surface area (Å²) in [5.41, 5.74) is 4.28. The van der Waals surface area contributed by atoms with E-state index in [-0.39, 0.29) is 24.3 Å². The number of carbonyl (C=O) groups excluding carboxylic acids is 1. The van der Waals surface area contributed by atoms with E-state index < -0.39 is 24.3 Å². The highest BCUT2D eigenvalue weighted by Crippen LogP contribution is 2.35. The lowest BCUT2D eigenvalue weighted by Crippen LogP contribution is -2.44. The Balaban J connectivity index is 1.18. The van der Waals surface area contributed by atoms with E-state index >= 15 is 0 Å². The molecule has 2 aliphatic rings. The molecular weight excluding hydrogens is 685 g/mol. The Morgan fingerprint density at radius 2 is 1.78 bits per heavy atom. The quantitative estimate of drug-likeness (QED) is 0.0625. The van der Waals surface area contributed by atoms with E-state index in [1.54, 1.807) is 30.2 Å². The highest BCUT2D eigenvalue weighted by molar-refractivity contribution is 5.85. The number of fused-ring (bicyclic) bond motifs is 1. The second-order valence-electron chi connectivity index (χ2n) is 13.6. The molecule has 5 aromatic rings. The molecule has 0 radical (unpaired) electrons. The third kappa shape index (κ3) is 8.09. The van der Waals surface area contributed by atoms with Crippen LogP contribution in [0, 0.1) is 11.5 Å². The van der Waals surface area contributed by atoms with E-state index in [2.05, 4.69) is 60.4 Å². The molecule has 15 nitrogen and oxygen atoms in total. The first kappa shape index (κ1) is 36.3. The number of rotatable bonds is 12. The van der Waals surface area contributed by atoms with E-state index in [0.29, 0.717) is 61.5 Å². The van der Waals surface area contributed by atoms with Gasteiger partial charge in [-0.3, -0.25) is 9.78 Å². The average molecular weight is 729 g/mol. The lowest BCUT2D eigenvalue weighted by atomic mass is 9.91. The van der Waals surface area contributed by atoms with E-state index in [1.165, 1.54) is 0 Å². The summed E-state index contributed by atoms with van der Waals surface area (Å²) >= 11 is 0. The van der Waals surface area contributed by atoms with Crippen LogP contribution in [0.4, 0.5) is 11.8 Å². The Kier molecular flexibility index (Phi) is 11.2. The predicted octanol–water partition coefficient (Wildman–Crippen LogP) is 2.82. The highest BCUT2D eigenvalue weighted by Gasteiger charge is 2.44. The van der Waals surface area contributed by atoms with Crippen LogP contribution in [-0.4, -0.2) is 90.5 Å². The molecule has 1 aliphatic heterocycles. The Morgan fingerprint density at radius 1 is 1.02 bits per heavy atom. The minimum atomic E-state index is -1.16. The number of hydrogen-bond donors (Lipinski definition) is 6. The molecule has 1 amide bonds. The second kappa shape index (κ2) is 16.7. The van der Waals surface area contributed by atoms with Crippen molar-refractivity contribution in [1.29, 1.82) is 5.26 Å². The molecule has 2 aromatic carbocycles. The molecule has 1 aliphatic carbocycles. The summed E-state index contributed by atoms with van der Waals surface area (Å²) in [5, 5.41) is 44.6. The normalized spacial score (nSPS) is 21.3. The van der Waals surface area contributed by atoms with Gasteiger partial charge in [-0.05, 0) is 35.6 Å². The number of anilines is 2. The standard InChI is InChI=1S/C39H44N12O3/c1-2-32(52)47-30-18-31(35(54)34(30)53)51-24-45-33-36(42-21-29(26-11-5-3-6-12-26)27-13-7-4-8-14-27)48-39(49-37(33)51)50-17-15-28(22-50)46-38(44-23-40)43-20-25-10-9-16-41-19-25/h3-14,16,19,24,28-31,34-35,53-54H,2,15,17-18,20-22H2,1H3,(H,47,52)(H,42,48,49)(H2,43,44,46)/t28-,30?,31?,34?,35?/m1/s1.